The molecular formula is C33H29Cl2F3N8O6. The van der Waals surface area contributed by atoms with Gasteiger partial charge in [-0.2, -0.15) is 22.7 Å². The summed E-state index contributed by atoms with van der Waals surface area (Å²) in [5.41, 5.74) is -0.129. The van der Waals surface area contributed by atoms with E-state index >= 15 is 0 Å². The van der Waals surface area contributed by atoms with Gasteiger partial charge in [0.2, 0.25) is 11.7 Å². The minimum atomic E-state index is -4.76. The highest BCUT2D eigenvalue weighted by atomic mass is 35.5. The number of pyridine rings is 1. The topological polar surface area (TPSA) is 160 Å². The molecule has 52 heavy (non-hydrogen) atoms. The van der Waals surface area contributed by atoms with E-state index in [-0.39, 0.29) is 72.0 Å². The van der Waals surface area contributed by atoms with Gasteiger partial charge in [-0.1, -0.05) is 36.2 Å². The number of fused-ring (bicyclic) bond motifs is 2. The maximum absolute atomic E-state index is 14.2. The van der Waals surface area contributed by atoms with Crippen LogP contribution in [0.25, 0.3) is 22.3 Å². The van der Waals surface area contributed by atoms with E-state index in [0.717, 1.165) is 16.2 Å². The van der Waals surface area contributed by atoms with Crippen LogP contribution in [0.15, 0.2) is 45.9 Å². The van der Waals surface area contributed by atoms with E-state index in [0.29, 0.717) is 42.4 Å². The number of aromatic nitrogens is 5. The molecule has 4 aromatic heterocycles. The standard InChI is InChI=1S/C33H29Cl2F3N8O6/c1-2-23-27(43-6-8-44(9-7-43)30(49)26-28(48)18-5-12-52-24(18)15-39-26)31(50)46-32(41-29(42-46)17-3-10-51-11-4-17)45(23)16-25(47)40-22-14-20(34)19(13-21(22)35)33(36,37)38/h3,5,12-15,48H,2,4,6-11,16H2,1H3,(H,40,47). The molecule has 19 heteroatoms. The van der Waals surface area contributed by atoms with Crippen LogP contribution in [0.5, 0.6) is 5.75 Å². The number of carbonyl (C=O) groups is 2. The van der Waals surface area contributed by atoms with Gasteiger partial charge < -0.3 is 33.9 Å². The summed E-state index contributed by atoms with van der Waals surface area (Å²) in [5, 5.41) is 17.1. The van der Waals surface area contributed by atoms with Crippen molar-refractivity contribution in [3.05, 3.63) is 79.9 Å². The molecule has 0 bridgehead atoms. The zero-order valence-corrected chi connectivity index (χ0v) is 28.8. The third-order valence-corrected chi connectivity index (χ3v) is 9.55. The molecule has 0 saturated carbocycles. The Kier molecular flexibility index (Phi) is 9.35. The van der Waals surface area contributed by atoms with Crippen LogP contribution < -0.4 is 15.8 Å². The summed E-state index contributed by atoms with van der Waals surface area (Å²) in [4.78, 5) is 53.3. The predicted octanol–water partition coefficient (Wildman–Crippen LogP) is 5.03. The number of rotatable bonds is 7. The Hall–Kier alpha value is -5.13. The Morgan fingerprint density at radius 3 is 2.58 bits per heavy atom. The van der Waals surface area contributed by atoms with Crippen molar-refractivity contribution in [2.75, 3.05) is 49.6 Å². The monoisotopic (exact) mass is 760 g/mol. The van der Waals surface area contributed by atoms with Crippen LogP contribution in [-0.4, -0.2) is 85.4 Å². The largest absolute Gasteiger partial charge is 0.505 e. The number of halogens is 5. The second-order valence-electron chi connectivity index (χ2n) is 12.0. The molecule has 0 atom stereocenters. The van der Waals surface area contributed by atoms with Crippen molar-refractivity contribution in [1.82, 2.24) is 29.0 Å². The van der Waals surface area contributed by atoms with Gasteiger partial charge in [0.15, 0.2) is 22.9 Å². The lowest BCUT2D eigenvalue weighted by Crippen LogP contribution is -2.51. The molecule has 1 aromatic carbocycles. The SMILES string of the molecule is CCc1c(N2CCN(C(=O)c3ncc4occc4c3O)CC2)c(=O)n2nc(C3=CCOCC3)nc2n1CC(=O)Nc1cc(Cl)c(C(F)(F)F)cc1Cl. The maximum atomic E-state index is 14.2. The van der Waals surface area contributed by atoms with Gasteiger partial charge in [-0.05, 0) is 36.6 Å². The van der Waals surface area contributed by atoms with Gasteiger partial charge in [0.05, 0.1) is 58.1 Å². The minimum Gasteiger partial charge on any atom is -0.505 e. The number of alkyl halides is 3. The Morgan fingerprint density at radius 2 is 1.88 bits per heavy atom. The first-order valence-corrected chi connectivity index (χ1v) is 16.9. The van der Waals surface area contributed by atoms with Crippen LogP contribution in [0, 0.1) is 0 Å². The lowest BCUT2D eigenvalue weighted by Gasteiger charge is -2.36. The first-order chi connectivity index (χ1) is 24.8. The fourth-order valence-electron chi connectivity index (χ4n) is 6.36. The molecule has 0 spiro atoms. The number of hydrogen-bond donors (Lipinski definition) is 2. The van der Waals surface area contributed by atoms with Gasteiger partial charge in [-0.25, -0.2) is 4.98 Å². The maximum Gasteiger partial charge on any atom is 0.417 e. The highest BCUT2D eigenvalue weighted by Crippen LogP contribution is 2.39. The van der Waals surface area contributed by atoms with Crippen molar-refractivity contribution in [1.29, 1.82) is 0 Å². The lowest BCUT2D eigenvalue weighted by atomic mass is 10.1. The van der Waals surface area contributed by atoms with Crippen LogP contribution >= 0.6 is 23.2 Å². The average Bonchev–Trinajstić information content (AvgIpc) is 3.80. The molecule has 2 N–H and O–H groups in total. The van der Waals surface area contributed by atoms with E-state index in [1.54, 1.807) is 11.8 Å². The summed E-state index contributed by atoms with van der Waals surface area (Å²) in [6.45, 7) is 2.92. The molecule has 1 saturated heterocycles. The normalized spacial score (nSPS) is 15.4. The molecule has 7 rings (SSSR count). The molecule has 0 aliphatic carbocycles. The zero-order chi connectivity index (χ0) is 36.9. The number of benzene rings is 1. The molecule has 14 nitrogen and oxygen atoms in total. The molecule has 2 aliphatic rings. The van der Waals surface area contributed by atoms with Gasteiger partial charge in [0.25, 0.3) is 11.5 Å². The Balaban J connectivity index is 1.22. The molecule has 2 amide bonds. The van der Waals surface area contributed by atoms with E-state index in [4.69, 9.17) is 32.4 Å². The van der Waals surface area contributed by atoms with E-state index in [1.807, 2.05) is 6.08 Å². The number of piperazine rings is 1. The van der Waals surface area contributed by atoms with Crippen LogP contribution in [0.2, 0.25) is 10.0 Å². The molecule has 272 valence electrons. The first-order valence-electron chi connectivity index (χ1n) is 16.1. The van der Waals surface area contributed by atoms with Crippen LogP contribution in [0.1, 0.15) is 40.9 Å². The van der Waals surface area contributed by atoms with E-state index in [9.17, 15) is 32.7 Å². The van der Waals surface area contributed by atoms with Crippen molar-refractivity contribution in [2.24, 2.45) is 0 Å². The molecule has 1 fully saturated rings. The molecule has 6 heterocycles. The summed E-state index contributed by atoms with van der Waals surface area (Å²) in [5.74, 6) is -1.11. The highest BCUT2D eigenvalue weighted by molar-refractivity contribution is 6.36. The fourth-order valence-corrected chi connectivity index (χ4v) is 6.84. The first kappa shape index (κ1) is 35.3. The second-order valence-corrected chi connectivity index (χ2v) is 12.8. The minimum absolute atomic E-state index is 0.0738. The number of nitrogens with one attached hydrogen (secondary N) is 1. The number of hydrogen-bond acceptors (Lipinski definition) is 10. The van der Waals surface area contributed by atoms with Gasteiger partial charge >= 0.3 is 6.18 Å². The molecule has 0 unspecified atom stereocenters. The van der Waals surface area contributed by atoms with Crippen molar-refractivity contribution >= 4 is 68.7 Å². The predicted molar refractivity (Wildman–Crippen MR) is 184 cm³/mol. The number of aromatic hydroxyl groups is 1. The van der Waals surface area contributed by atoms with Gasteiger partial charge in [-0.15, -0.1) is 5.10 Å². The van der Waals surface area contributed by atoms with E-state index in [2.05, 4.69) is 20.4 Å². The smallest absolute Gasteiger partial charge is 0.417 e. The molecule has 2 aliphatic heterocycles. The highest BCUT2D eigenvalue weighted by Gasteiger charge is 2.35. The Morgan fingerprint density at radius 1 is 1.12 bits per heavy atom. The zero-order valence-electron chi connectivity index (χ0n) is 27.3. The van der Waals surface area contributed by atoms with Crippen molar-refractivity contribution in [3.8, 4) is 5.75 Å². The summed E-state index contributed by atoms with van der Waals surface area (Å²) in [6.07, 6.45) is 0.569. The van der Waals surface area contributed by atoms with Gasteiger partial charge in [-0.3, -0.25) is 14.4 Å². The summed E-state index contributed by atoms with van der Waals surface area (Å²) in [6, 6.07) is 3.10. The van der Waals surface area contributed by atoms with Crippen molar-refractivity contribution < 1.29 is 37.0 Å². The van der Waals surface area contributed by atoms with Crippen molar-refractivity contribution in [3.63, 3.8) is 0 Å². The lowest BCUT2D eigenvalue weighted by molar-refractivity contribution is -0.137. The summed E-state index contributed by atoms with van der Waals surface area (Å²) >= 11 is 12.0. The Bertz CT molecular complexity index is 2330. The quantitative estimate of drug-likeness (QED) is 0.230. The summed E-state index contributed by atoms with van der Waals surface area (Å²) < 4.78 is 53.4. The van der Waals surface area contributed by atoms with Crippen molar-refractivity contribution in [2.45, 2.75) is 32.5 Å². The number of carbonyl (C=O) groups excluding carboxylic acids is 2. The molecular weight excluding hydrogens is 732 g/mol. The van der Waals surface area contributed by atoms with E-state index < -0.39 is 40.7 Å². The van der Waals surface area contributed by atoms with Gasteiger partial charge in [0.1, 0.15) is 12.2 Å². The van der Waals surface area contributed by atoms with Crippen LogP contribution in [-0.2, 0) is 28.7 Å². The number of furan rings is 1. The number of ether oxygens (including phenoxy) is 1. The number of anilines is 2. The second kappa shape index (κ2) is 13.8. The molecule has 0 radical (unpaired) electrons. The summed E-state index contributed by atoms with van der Waals surface area (Å²) in [7, 11) is 0. The van der Waals surface area contributed by atoms with E-state index in [1.165, 1.54) is 28.0 Å². The van der Waals surface area contributed by atoms with Gasteiger partial charge in [0, 0.05) is 26.2 Å². The third-order valence-electron chi connectivity index (χ3n) is 8.92. The Labute approximate surface area is 302 Å². The third kappa shape index (κ3) is 6.43. The number of nitrogens with zero attached hydrogens (tertiary/aromatic N) is 7. The number of amides is 2. The molecule has 5 aromatic rings. The van der Waals surface area contributed by atoms with Crippen LogP contribution in [0.4, 0.5) is 24.5 Å². The average molecular weight is 762 g/mol. The van der Waals surface area contributed by atoms with Crippen LogP contribution in [0.3, 0.4) is 0 Å². The fraction of sp³-hybridized carbons (Fsp3) is 0.333.